The van der Waals surface area contributed by atoms with Gasteiger partial charge in [-0.1, -0.05) is 0 Å². The largest absolute Gasteiger partial charge is 0.481 e. The third-order valence-corrected chi connectivity index (χ3v) is 17.5. The van der Waals surface area contributed by atoms with Crippen LogP contribution in [0.4, 0.5) is 0 Å². The zero-order valence-corrected chi connectivity index (χ0v) is 64.1. The molecule has 0 spiro atoms. The Kier molecular flexibility index (Phi) is 60.1. The van der Waals surface area contributed by atoms with Crippen molar-refractivity contribution in [2.45, 2.75) is 57.8 Å². The zero-order valence-electron chi connectivity index (χ0n) is 64.1. The highest BCUT2D eigenvalue weighted by Crippen LogP contribution is 2.17. The number of hydrogen-bond acceptors (Lipinski definition) is 34. The molecular formula is C67H118N14O32. The fourth-order valence-electron chi connectivity index (χ4n) is 11.7. The van der Waals surface area contributed by atoms with E-state index >= 15 is 0 Å². The Labute approximate surface area is 654 Å². The van der Waals surface area contributed by atoms with Gasteiger partial charge >= 0.3 is 71.6 Å². The highest BCUT2D eigenvalue weighted by atomic mass is 16.5. The molecule has 0 bridgehead atoms. The number of rotatable bonds is 84. The number of carbonyl (C=O) groups excluding carboxylic acids is 4. The van der Waals surface area contributed by atoms with Gasteiger partial charge in [0.2, 0.25) is 0 Å². The fraction of sp³-hybridized carbons (Fsp3) is 0.761. The first-order valence-electron chi connectivity index (χ1n) is 36.7. The van der Waals surface area contributed by atoms with Crippen LogP contribution in [0.5, 0.6) is 0 Å². The molecule has 0 amide bonds. The molecule has 0 aliphatic heterocycles. The second-order valence-electron chi connectivity index (χ2n) is 26.6. The number of ether oxygens (including phenoxy) is 4. The molecule has 113 heavy (non-hydrogen) atoms. The minimum absolute atomic E-state index is 0.00289. The molecule has 0 aliphatic rings. The Morgan fingerprint density at radius 3 is 0.779 bits per heavy atom. The van der Waals surface area contributed by atoms with Gasteiger partial charge in [-0.25, -0.2) is 0 Å². The molecule has 0 saturated carbocycles. The number of hydrogen-bond donors (Lipinski definition) is 13. The van der Waals surface area contributed by atoms with Crippen molar-refractivity contribution in [3.05, 3.63) is 0 Å². The van der Waals surface area contributed by atoms with Gasteiger partial charge in [-0.2, -0.15) is 0 Å². The summed E-state index contributed by atoms with van der Waals surface area (Å²) in [7, 11) is 0. The lowest BCUT2D eigenvalue weighted by Crippen LogP contribution is -2.49. The van der Waals surface area contributed by atoms with Crippen molar-refractivity contribution in [2.75, 3.05) is 269 Å². The Balaban J connectivity index is 8.21. The molecule has 0 heterocycles. The quantitative estimate of drug-likeness (QED) is 0.0117. The Morgan fingerprint density at radius 1 is 0.239 bits per heavy atom. The van der Waals surface area contributed by atoms with E-state index in [9.17, 15) is 133 Å². The van der Waals surface area contributed by atoms with Crippen molar-refractivity contribution >= 4 is 97.5 Å². The van der Waals surface area contributed by atoms with Gasteiger partial charge in [0.15, 0.2) is 0 Å². The smallest absolute Gasteiger partial charge is 0.317 e. The predicted octanol–water partition coefficient (Wildman–Crippen LogP) is -5.83. The maximum Gasteiger partial charge on any atom is 0.317 e. The summed E-state index contributed by atoms with van der Waals surface area (Å²) in [4.78, 5) is 209. The van der Waals surface area contributed by atoms with Gasteiger partial charge in [-0.15, -0.1) is 0 Å². The van der Waals surface area contributed by atoms with Crippen LogP contribution >= 0.6 is 0 Å². The van der Waals surface area contributed by atoms with Crippen LogP contribution in [0.15, 0.2) is 0 Å². The van der Waals surface area contributed by atoms with Crippen molar-refractivity contribution < 1.29 is 157 Å². The van der Waals surface area contributed by atoms with Crippen LogP contribution < -0.4 is 5.32 Å². The van der Waals surface area contributed by atoms with E-state index in [2.05, 4.69) is 5.32 Å². The molecule has 0 aromatic rings. The Bertz CT molecular complexity index is 2790. The minimum Gasteiger partial charge on any atom is -0.481 e. The predicted molar refractivity (Wildman–Crippen MR) is 392 cm³/mol. The van der Waals surface area contributed by atoms with Gasteiger partial charge < -0.3 is 95.3 Å². The molecule has 46 nitrogen and oxygen atoms in total. The molecule has 1 unspecified atom stereocenters. The van der Waals surface area contributed by atoms with Gasteiger partial charge in [0.1, 0.15) is 26.9 Å². The van der Waals surface area contributed by atoms with E-state index in [1.165, 1.54) is 14.7 Å². The summed E-state index contributed by atoms with van der Waals surface area (Å²) in [6, 6.07) is 0. The van der Waals surface area contributed by atoms with Crippen molar-refractivity contribution in [2.24, 2.45) is 5.92 Å². The van der Waals surface area contributed by atoms with Gasteiger partial charge in [-0.05, 0) is 64.1 Å². The third-order valence-electron chi connectivity index (χ3n) is 17.5. The van der Waals surface area contributed by atoms with Crippen LogP contribution in [0.25, 0.3) is 0 Å². The van der Waals surface area contributed by atoms with Crippen LogP contribution in [0, 0.1) is 5.92 Å². The summed E-state index contributed by atoms with van der Waals surface area (Å²) >= 11 is 0. The van der Waals surface area contributed by atoms with E-state index in [-0.39, 0.29) is 274 Å². The number of nitrogens with zero attached hydrogens (tertiary/aromatic N) is 13. The van der Waals surface area contributed by atoms with Crippen molar-refractivity contribution in [1.29, 1.82) is 0 Å². The Hall–Kier alpha value is -9.04. The van der Waals surface area contributed by atoms with E-state index < -0.39 is 143 Å². The molecule has 0 aromatic carbocycles. The summed E-state index contributed by atoms with van der Waals surface area (Å²) in [5.74, 6) is -15.0. The molecular weight excluding hydrogens is 1510 g/mol. The summed E-state index contributed by atoms with van der Waals surface area (Å²) < 4.78 is 19.8. The third kappa shape index (κ3) is 63.1. The summed E-state index contributed by atoms with van der Waals surface area (Å²) in [5.41, 5.74) is 0. The summed E-state index contributed by atoms with van der Waals surface area (Å²) in [6.07, 6.45) is 0.787. The number of nitrogens with one attached hydrogen (secondary N) is 1. The number of aliphatic carboxylic acids is 12. The highest BCUT2D eigenvalue weighted by molar-refractivity contribution is 5.73. The molecule has 0 saturated heterocycles. The van der Waals surface area contributed by atoms with E-state index in [4.69, 9.17) is 24.1 Å². The molecule has 13 N–H and O–H groups in total. The maximum atomic E-state index is 12.6. The molecule has 0 aromatic heterocycles. The van der Waals surface area contributed by atoms with Crippen molar-refractivity contribution in [3.8, 4) is 0 Å². The van der Waals surface area contributed by atoms with Crippen LogP contribution in [-0.2, 0) is 95.7 Å². The van der Waals surface area contributed by atoms with Crippen LogP contribution in [0.1, 0.15) is 57.8 Å². The van der Waals surface area contributed by atoms with Gasteiger partial charge in [0, 0.05) is 183 Å². The second-order valence-corrected chi connectivity index (χ2v) is 26.6. The first-order valence-corrected chi connectivity index (χ1v) is 36.7. The number of unbranched alkanes of at least 4 members (excludes halogenated alkanes) is 2. The normalized spacial score (nSPS) is 12.0. The van der Waals surface area contributed by atoms with E-state index in [1.807, 2.05) is 19.6 Å². The van der Waals surface area contributed by atoms with Gasteiger partial charge in [0.05, 0.1) is 58.9 Å². The standard InChI is InChI=1S/C67H118N14O32/c82-51-110-47-77(33-36-81(46-67(108)109)50-113-54-85)13-8-55(37-58(90)91)7-12-70(24-35-80(45-66(106)107)49-112-53-84)16-18-72(22-25-74(40-61(96)97)14-9-68-38-59(92)93)20-19-71(23-27-76(42-63(100)101)30-31-78(48-111-52-83)32-34-79(43-64(102)103)44-65(104)105)17-15-69(10-3-1-5-56(86)87)21-26-75(41-62(98)99)29-28-73(39-60(94)95)11-4-2-6-57(88)89/h51-55,68H,1-50H2,(H,86,87)(H,88,89)(H,90,91)(H,92,93)(H,94,95)(H,96,97)(H,98,99)(H,100,101)(H,102,103)(H,104,105)(H,106,107)(H,108,109). The highest BCUT2D eigenvalue weighted by Gasteiger charge is 2.25. The number of carboxylic acid groups (broad SMARTS) is 12. The molecule has 0 rings (SSSR count). The number of carboxylic acids is 12. The zero-order chi connectivity index (χ0) is 84.7. The Morgan fingerprint density at radius 2 is 0.469 bits per heavy atom. The molecule has 0 aliphatic carbocycles. The lowest BCUT2D eigenvalue weighted by atomic mass is 9.96. The molecule has 0 fully saturated rings. The van der Waals surface area contributed by atoms with Crippen molar-refractivity contribution in [1.82, 2.24) is 69.0 Å². The molecule has 648 valence electrons. The van der Waals surface area contributed by atoms with Crippen molar-refractivity contribution in [3.63, 3.8) is 0 Å². The molecule has 1 atom stereocenters. The number of carbonyl (C=O) groups is 16. The average molecular weight is 1630 g/mol. The first-order chi connectivity index (χ1) is 53.7. The summed E-state index contributed by atoms with van der Waals surface area (Å²) in [5, 5.41) is 119. The van der Waals surface area contributed by atoms with E-state index in [0.717, 1.165) is 4.90 Å². The maximum absolute atomic E-state index is 12.6. The average Bonchev–Trinajstić information content (AvgIpc) is 0.910. The molecule has 0 radical (unpaired) electrons. The van der Waals surface area contributed by atoms with E-state index in [1.54, 1.807) is 24.5 Å². The molecule has 46 heteroatoms. The van der Waals surface area contributed by atoms with Crippen LogP contribution in [-0.4, -0.2) is 492 Å². The SMILES string of the molecule is O=COCN(CCC(CCN(CCN(CCN(CCN(CCCCC(=O)O)CCN(CCN(CCCCC(=O)O)CC(=O)O)CC(=O)O)CCN(CCN(CCN(CC(=O)O)CC(=O)O)COC=O)CC(=O)O)CCN(CCNCC(=O)O)CC(=O)O)CCN(COC=O)CC(=O)O)CC(=O)O)CCN(COC=O)CC(=O)O. The lowest BCUT2D eigenvalue weighted by molar-refractivity contribution is -0.144. The fourth-order valence-corrected chi connectivity index (χ4v) is 11.7. The monoisotopic (exact) mass is 1630 g/mol. The topological polar surface area (TPSA) is 607 Å². The van der Waals surface area contributed by atoms with Crippen LogP contribution in [0.3, 0.4) is 0 Å². The first kappa shape index (κ1) is 104. The van der Waals surface area contributed by atoms with Crippen LogP contribution in [0.2, 0.25) is 0 Å². The lowest BCUT2D eigenvalue weighted by Gasteiger charge is -2.34. The summed E-state index contributed by atoms with van der Waals surface area (Å²) in [6.45, 7) is -3.42. The van der Waals surface area contributed by atoms with Gasteiger partial charge in [0.25, 0.3) is 25.9 Å². The van der Waals surface area contributed by atoms with Gasteiger partial charge in [-0.3, -0.25) is 131 Å². The second kappa shape index (κ2) is 65.4. The van der Waals surface area contributed by atoms with E-state index in [0.29, 0.717) is 12.8 Å². The minimum atomic E-state index is -1.32.